The van der Waals surface area contributed by atoms with E-state index in [4.69, 9.17) is 0 Å². The molecule has 0 aliphatic heterocycles. The molecule has 160 valence electrons. The zero-order valence-electron chi connectivity index (χ0n) is 17.4. The van der Waals surface area contributed by atoms with Crippen molar-refractivity contribution in [3.8, 4) is 0 Å². The van der Waals surface area contributed by atoms with Crippen LogP contribution >= 0.6 is 0 Å². The van der Waals surface area contributed by atoms with Crippen molar-refractivity contribution in [1.82, 2.24) is 0 Å². The summed E-state index contributed by atoms with van der Waals surface area (Å²) in [4.78, 5) is 23.9. The van der Waals surface area contributed by atoms with Crippen molar-refractivity contribution in [3.63, 3.8) is 0 Å². The van der Waals surface area contributed by atoms with Gasteiger partial charge < -0.3 is 10.6 Å². The first-order valence-corrected chi connectivity index (χ1v) is 11.0. The fraction of sp³-hybridized carbons (Fsp3) is 0.130. The Kier molecular flexibility index (Phi) is 6.41. The van der Waals surface area contributed by atoms with Crippen molar-refractivity contribution in [1.29, 1.82) is 0 Å². The zero-order valence-corrected chi connectivity index (χ0v) is 18.2. The molecule has 0 unspecified atom stereocenters. The molecular formula is C23H23N3O4S. The van der Waals surface area contributed by atoms with Crippen molar-refractivity contribution >= 4 is 38.9 Å². The number of nitrogens with one attached hydrogen (secondary N) is 3. The third-order valence-corrected chi connectivity index (χ3v) is 5.92. The minimum atomic E-state index is -3.78. The van der Waals surface area contributed by atoms with Gasteiger partial charge in [0.25, 0.3) is 15.9 Å². The molecule has 0 bridgehead atoms. The van der Waals surface area contributed by atoms with E-state index in [1.165, 1.54) is 25.1 Å². The molecule has 0 radical (unpaired) electrons. The normalized spacial score (nSPS) is 10.9. The Bertz CT molecular complexity index is 1220. The fourth-order valence-corrected chi connectivity index (χ4v) is 3.96. The van der Waals surface area contributed by atoms with Crippen molar-refractivity contribution in [2.45, 2.75) is 25.7 Å². The standard InChI is InChI=1S/C23H23N3O4S/c1-15-4-12-21(13-5-15)31(29,30)26-22-14-18(7-6-16(22)2)23(28)25-20-10-8-19(9-11-20)24-17(3)27/h4-14,26H,1-3H3,(H,24,27)(H,25,28). The van der Waals surface area contributed by atoms with Gasteiger partial charge in [0, 0.05) is 23.9 Å². The lowest BCUT2D eigenvalue weighted by Crippen LogP contribution is -2.16. The van der Waals surface area contributed by atoms with Crippen LogP contribution in [0.4, 0.5) is 17.1 Å². The highest BCUT2D eigenvalue weighted by Crippen LogP contribution is 2.22. The molecule has 0 aromatic heterocycles. The van der Waals surface area contributed by atoms with Crippen molar-refractivity contribution in [3.05, 3.63) is 83.4 Å². The van der Waals surface area contributed by atoms with Gasteiger partial charge in [-0.15, -0.1) is 0 Å². The summed E-state index contributed by atoms with van der Waals surface area (Å²) in [5, 5.41) is 5.41. The molecule has 0 aliphatic carbocycles. The van der Waals surface area contributed by atoms with Gasteiger partial charge >= 0.3 is 0 Å². The molecular weight excluding hydrogens is 414 g/mol. The van der Waals surface area contributed by atoms with Gasteiger partial charge in [-0.25, -0.2) is 8.42 Å². The maximum absolute atomic E-state index is 12.7. The topological polar surface area (TPSA) is 104 Å². The summed E-state index contributed by atoms with van der Waals surface area (Å²) in [5.41, 5.74) is 3.44. The monoisotopic (exact) mass is 437 g/mol. The highest BCUT2D eigenvalue weighted by atomic mass is 32.2. The van der Waals surface area contributed by atoms with Gasteiger partial charge in [0.05, 0.1) is 10.6 Å². The van der Waals surface area contributed by atoms with Crippen LogP contribution in [-0.2, 0) is 14.8 Å². The third kappa shape index (κ3) is 5.70. The smallest absolute Gasteiger partial charge is 0.261 e. The molecule has 3 rings (SSSR count). The molecule has 0 atom stereocenters. The number of amides is 2. The molecule has 31 heavy (non-hydrogen) atoms. The van der Waals surface area contributed by atoms with E-state index in [2.05, 4.69) is 15.4 Å². The summed E-state index contributed by atoms with van der Waals surface area (Å²) < 4.78 is 28.0. The maximum Gasteiger partial charge on any atom is 0.261 e. The first-order chi connectivity index (χ1) is 14.6. The number of carbonyl (C=O) groups is 2. The SMILES string of the molecule is CC(=O)Nc1ccc(NC(=O)c2ccc(C)c(NS(=O)(=O)c3ccc(C)cc3)c2)cc1. The molecule has 3 aromatic carbocycles. The molecule has 0 saturated heterocycles. The Balaban J connectivity index is 1.77. The van der Waals surface area contributed by atoms with Crippen LogP contribution in [0.25, 0.3) is 0 Å². The van der Waals surface area contributed by atoms with Gasteiger partial charge in [0.1, 0.15) is 0 Å². The van der Waals surface area contributed by atoms with Gasteiger partial charge in [-0.05, 0) is 67.9 Å². The summed E-state index contributed by atoms with van der Waals surface area (Å²) in [6.07, 6.45) is 0. The van der Waals surface area contributed by atoms with Crippen LogP contribution in [-0.4, -0.2) is 20.2 Å². The molecule has 3 aromatic rings. The lowest BCUT2D eigenvalue weighted by Gasteiger charge is -2.13. The van der Waals surface area contributed by atoms with Crippen molar-refractivity contribution in [2.24, 2.45) is 0 Å². The predicted molar refractivity (Wildman–Crippen MR) is 122 cm³/mol. The summed E-state index contributed by atoms with van der Waals surface area (Å²) in [6, 6.07) is 18.0. The van der Waals surface area contributed by atoms with Crippen LogP contribution in [0.1, 0.15) is 28.4 Å². The second-order valence-corrected chi connectivity index (χ2v) is 8.84. The van der Waals surface area contributed by atoms with Gasteiger partial charge in [-0.2, -0.15) is 0 Å². The predicted octanol–water partition coefficient (Wildman–Crippen LogP) is 4.31. The van der Waals surface area contributed by atoms with E-state index >= 15 is 0 Å². The van der Waals surface area contributed by atoms with Crippen molar-refractivity contribution < 1.29 is 18.0 Å². The number of hydrogen-bond acceptors (Lipinski definition) is 4. The number of hydrogen-bond donors (Lipinski definition) is 3. The molecule has 0 aliphatic rings. The molecule has 0 spiro atoms. The molecule has 3 N–H and O–H groups in total. The van der Waals surface area contributed by atoms with Gasteiger partial charge in [0.2, 0.25) is 5.91 Å². The molecule has 0 fully saturated rings. The number of carbonyl (C=O) groups excluding carboxylic acids is 2. The first-order valence-electron chi connectivity index (χ1n) is 9.53. The number of rotatable bonds is 6. The van der Waals surface area contributed by atoms with E-state index in [-0.39, 0.29) is 16.7 Å². The molecule has 8 heteroatoms. The Morgan fingerprint density at radius 1 is 0.774 bits per heavy atom. The van der Waals surface area contributed by atoms with E-state index in [0.717, 1.165) is 5.56 Å². The van der Waals surface area contributed by atoms with Crippen LogP contribution in [0.2, 0.25) is 0 Å². The summed E-state index contributed by atoms with van der Waals surface area (Å²) in [7, 11) is -3.78. The average Bonchev–Trinajstić information content (AvgIpc) is 2.71. The van der Waals surface area contributed by atoms with Crippen LogP contribution in [0, 0.1) is 13.8 Å². The summed E-state index contributed by atoms with van der Waals surface area (Å²) >= 11 is 0. The van der Waals surface area contributed by atoms with E-state index in [0.29, 0.717) is 28.2 Å². The van der Waals surface area contributed by atoms with Crippen LogP contribution < -0.4 is 15.4 Å². The van der Waals surface area contributed by atoms with Gasteiger partial charge in [0.15, 0.2) is 0 Å². The lowest BCUT2D eigenvalue weighted by atomic mass is 10.1. The lowest BCUT2D eigenvalue weighted by molar-refractivity contribution is -0.114. The number of benzene rings is 3. The van der Waals surface area contributed by atoms with E-state index in [1.807, 2.05) is 6.92 Å². The quantitative estimate of drug-likeness (QED) is 0.534. The third-order valence-electron chi connectivity index (χ3n) is 4.54. The second kappa shape index (κ2) is 9.01. The minimum Gasteiger partial charge on any atom is -0.326 e. The Hall–Kier alpha value is -3.65. The summed E-state index contributed by atoms with van der Waals surface area (Å²) in [5.74, 6) is -0.569. The van der Waals surface area contributed by atoms with Crippen LogP contribution in [0.15, 0.2) is 71.6 Å². The first kappa shape index (κ1) is 22.0. The Labute approximate surface area is 181 Å². The zero-order chi connectivity index (χ0) is 22.6. The number of anilines is 3. The Morgan fingerprint density at radius 2 is 1.35 bits per heavy atom. The number of aryl methyl sites for hydroxylation is 2. The van der Waals surface area contributed by atoms with Crippen molar-refractivity contribution in [2.75, 3.05) is 15.4 Å². The van der Waals surface area contributed by atoms with Crippen LogP contribution in [0.5, 0.6) is 0 Å². The highest BCUT2D eigenvalue weighted by molar-refractivity contribution is 7.92. The maximum atomic E-state index is 12.7. The average molecular weight is 438 g/mol. The Morgan fingerprint density at radius 3 is 1.94 bits per heavy atom. The minimum absolute atomic E-state index is 0.145. The van der Waals surface area contributed by atoms with E-state index < -0.39 is 10.0 Å². The fourth-order valence-electron chi connectivity index (χ4n) is 2.84. The molecule has 7 nitrogen and oxygen atoms in total. The number of sulfonamides is 1. The van der Waals surface area contributed by atoms with Gasteiger partial charge in [-0.1, -0.05) is 23.8 Å². The van der Waals surface area contributed by atoms with Gasteiger partial charge in [-0.3, -0.25) is 14.3 Å². The largest absolute Gasteiger partial charge is 0.326 e. The highest BCUT2D eigenvalue weighted by Gasteiger charge is 2.16. The summed E-state index contributed by atoms with van der Waals surface area (Å²) in [6.45, 7) is 5.05. The van der Waals surface area contributed by atoms with E-state index in [1.54, 1.807) is 55.5 Å². The molecule has 2 amide bonds. The molecule has 0 heterocycles. The second-order valence-electron chi connectivity index (χ2n) is 7.16. The van der Waals surface area contributed by atoms with E-state index in [9.17, 15) is 18.0 Å². The van der Waals surface area contributed by atoms with Crippen LogP contribution in [0.3, 0.4) is 0 Å². The molecule has 0 saturated carbocycles.